The summed E-state index contributed by atoms with van der Waals surface area (Å²) in [7, 11) is 1.69. The molecule has 0 amide bonds. The third-order valence-electron chi connectivity index (χ3n) is 7.37. The van der Waals surface area contributed by atoms with E-state index in [1.807, 2.05) is 0 Å². The van der Waals surface area contributed by atoms with E-state index in [0.29, 0.717) is 12.2 Å². The van der Waals surface area contributed by atoms with Crippen molar-refractivity contribution in [3.8, 4) is 5.75 Å². The van der Waals surface area contributed by atoms with Gasteiger partial charge in [-0.1, -0.05) is 19.8 Å². The predicted octanol–water partition coefficient (Wildman–Crippen LogP) is 6.03. The van der Waals surface area contributed by atoms with Gasteiger partial charge in [-0.2, -0.15) is 0 Å². The molecular formula is C22H32O2S. The topological polar surface area (TPSA) is 18.5 Å². The maximum atomic E-state index is 5.84. The van der Waals surface area contributed by atoms with Crippen LogP contribution in [0, 0.1) is 17.3 Å². The molecule has 2 saturated carbocycles. The first-order valence-electron chi connectivity index (χ1n) is 9.99. The number of thioether (sulfide) groups is 1. The Hall–Kier alpha value is -0.670. The predicted molar refractivity (Wildman–Crippen MR) is 105 cm³/mol. The number of methoxy groups -OCH3 is 1. The normalized spacial score (nSPS) is 34.0. The lowest BCUT2D eigenvalue weighted by molar-refractivity contribution is -0.00439. The van der Waals surface area contributed by atoms with Crippen LogP contribution < -0.4 is 4.74 Å². The Kier molecular flexibility index (Phi) is 5.07. The molecule has 2 nitrogen and oxygen atoms in total. The molecule has 0 N–H and O–H groups in total. The lowest BCUT2D eigenvalue weighted by Crippen LogP contribution is -2.44. The van der Waals surface area contributed by atoms with E-state index >= 15 is 0 Å². The Morgan fingerprint density at radius 3 is 2.84 bits per heavy atom. The molecule has 1 aromatic carbocycles. The van der Waals surface area contributed by atoms with Gasteiger partial charge in [0.25, 0.3) is 0 Å². The van der Waals surface area contributed by atoms with Gasteiger partial charge in [-0.3, -0.25) is 0 Å². The average Bonchev–Trinajstić information content (AvgIpc) is 2.64. The van der Waals surface area contributed by atoms with Gasteiger partial charge >= 0.3 is 0 Å². The Bertz CT molecular complexity index is 629. The highest BCUT2D eigenvalue weighted by Gasteiger charge is 2.48. The lowest BCUT2D eigenvalue weighted by atomic mass is 9.51. The second kappa shape index (κ2) is 7.15. The van der Waals surface area contributed by atoms with Crippen LogP contribution in [-0.2, 0) is 11.2 Å². The molecule has 0 heterocycles. The number of fused-ring (bicyclic) bond motifs is 5. The van der Waals surface area contributed by atoms with Crippen molar-refractivity contribution in [2.45, 2.75) is 69.1 Å². The maximum absolute atomic E-state index is 5.84. The molecule has 2 fully saturated rings. The van der Waals surface area contributed by atoms with Gasteiger partial charge in [-0.15, -0.1) is 11.8 Å². The Morgan fingerprint density at radius 1 is 1.16 bits per heavy atom. The van der Waals surface area contributed by atoms with E-state index in [4.69, 9.17) is 9.47 Å². The molecule has 138 valence electrons. The van der Waals surface area contributed by atoms with Gasteiger partial charge < -0.3 is 9.47 Å². The largest absolute Gasteiger partial charge is 0.466 e. The van der Waals surface area contributed by atoms with Crippen LogP contribution >= 0.6 is 11.8 Å². The molecule has 3 aliphatic carbocycles. The van der Waals surface area contributed by atoms with Gasteiger partial charge in [0.2, 0.25) is 0 Å². The van der Waals surface area contributed by atoms with Gasteiger partial charge in [0.05, 0.1) is 0 Å². The van der Waals surface area contributed by atoms with Crippen LogP contribution in [0.15, 0.2) is 17.0 Å². The number of hydrogen-bond donors (Lipinski definition) is 0. The molecule has 3 heteroatoms. The second-order valence-electron chi connectivity index (χ2n) is 8.61. The van der Waals surface area contributed by atoms with Gasteiger partial charge in [-0.05, 0) is 91.2 Å². The summed E-state index contributed by atoms with van der Waals surface area (Å²) in [6.45, 7) is 2.93. The van der Waals surface area contributed by atoms with E-state index in [2.05, 4.69) is 25.3 Å². The summed E-state index contributed by atoms with van der Waals surface area (Å²) in [4.78, 5) is 1.27. The van der Waals surface area contributed by atoms with E-state index in [-0.39, 0.29) is 0 Å². The van der Waals surface area contributed by atoms with Crippen LogP contribution in [0.4, 0.5) is 0 Å². The second-order valence-corrected chi connectivity index (χ2v) is 9.45. The SMILES string of the molecule is COCOc1cc2c(cc1SC)C1CC[C@]3(C)CCCCC3C1CC2. The molecule has 4 rings (SSSR count). The highest BCUT2D eigenvalue weighted by atomic mass is 32.2. The van der Waals surface area contributed by atoms with Gasteiger partial charge in [-0.25, -0.2) is 0 Å². The van der Waals surface area contributed by atoms with Crippen molar-refractivity contribution in [3.63, 3.8) is 0 Å². The average molecular weight is 361 g/mol. The number of rotatable bonds is 4. The zero-order chi connectivity index (χ0) is 17.4. The fourth-order valence-electron chi connectivity index (χ4n) is 6.13. The molecule has 25 heavy (non-hydrogen) atoms. The number of ether oxygens (including phenoxy) is 2. The molecule has 0 bridgehead atoms. The molecule has 0 aliphatic heterocycles. The minimum Gasteiger partial charge on any atom is -0.466 e. The fraction of sp³-hybridized carbons (Fsp3) is 0.727. The smallest absolute Gasteiger partial charge is 0.188 e. The molecule has 3 aliphatic rings. The van der Waals surface area contributed by atoms with Crippen molar-refractivity contribution in [1.82, 2.24) is 0 Å². The van der Waals surface area contributed by atoms with Crippen LogP contribution in [0.25, 0.3) is 0 Å². The summed E-state index contributed by atoms with van der Waals surface area (Å²) in [6, 6.07) is 4.76. The van der Waals surface area contributed by atoms with Crippen molar-refractivity contribution < 1.29 is 9.47 Å². The monoisotopic (exact) mass is 360 g/mol. The Morgan fingerprint density at radius 2 is 2.04 bits per heavy atom. The Labute approximate surface area is 157 Å². The number of aryl methyl sites for hydroxylation is 1. The van der Waals surface area contributed by atoms with Crippen molar-refractivity contribution in [3.05, 3.63) is 23.3 Å². The quantitative estimate of drug-likeness (QED) is 0.482. The van der Waals surface area contributed by atoms with E-state index in [1.54, 1.807) is 24.4 Å². The van der Waals surface area contributed by atoms with Crippen LogP contribution in [0.1, 0.15) is 68.9 Å². The van der Waals surface area contributed by atoms with Gasteiger partial charge in [0, 0.05) is 12.0 Å². The zero-order valence-corrected chi connectivity index (χ0v) is 16.8. The molecule has 0 spiro atoms. The summed E-state index contributed by atoms with van der Waals surface area (Å²) in [6.07, 6.45) is 13.4. The van der Waals surface area contributed by atoms with Gasteiger partial charge in [0.15, 0.2) is 6.79 Å². The van der Waals surface area contributed by atoms with Crippen molar-refractivity contribution in [1.29, 1.82) is 0 Å². The third-order valence-corrected chi connectivity index (χ3v) is 8.13. The molecule has 0 radical (unpaired) electrons. The molecule has 1 aromatic rings. The minimum absolute atomic E-state index is 0.332. The van der Waals surface area contributed by atoms with E-state index in [0.717, 1.165) is 23.5 Å². The molecule has 0 aromatic heterocycles. The summed E-state index contributed by atoms with van der Waals surface area (Å²) in [5.74, 6) is 3.65. The summed E-state index contributed by atoms with van der Waals surface area (Å²) in [5.41, 5.74) is 3.79. The Balaban J connectivity index is 1.65. The third kappa shape index (κ3) is 3.12. The maximum Gasteiger partial charge on any atom is 0.188 e. The molecule has 3 unspecified atom stereocenters. The first kappa shape index (κ1) is 17.7. The summed E-state index contributed by atoms with van der Waals surface area (Å²) in [5, 5.41) is 0. The molecule has 4 atom stereocenters. The summed E-state index contributed by atoms with van der Waals surface area (Å²) >= 11 is 1.80. The van der Waals surface area contributed by atoms with Crippen LogP contribution in [0.5, 0.6) is 5.75 Å². The number of hydrogen-bond acceptors (Lipinski definition) is 3. The minimum atomic E-state index is 0.332. The standard InChI is InChI=1S/C22H32O2S/c1-22-10-5-4-6-19(22)17-8-7-15-12-20(24-14-23-2)21(25-3)13-18(15)16(17)9-11-22/h12-13,16-17,19H,4-11,14H2,1-3H3/t16?,17?,19?,22-/m0/s1. The highest BCUT2D eigenvalue weighted by molar-refractivity contribution is 7.98. The van der Waals surface area contributed by atoms with Crippen molar-refractivity contribution in [2.75, 3.05) is 20.2 Å². The highest BCUT2D eigenvalue weighted by Crippen LogP contribution is 2.59. The first-order valence-corrected chi connectivity index (χ1v) is 11.2. The van der Waals surface area contributed by atoms with Crippen LogP contribution in [0.2, 0.25) is 0 Å². The first-order chi connectivity index (χ1) is 12.2. The van der Waals surface area contributed by atoms with Gasteiger partial charge in [0.1, 0.15) is 5.75 Å². The van der Waals surface area contributed by atoms with E-state index in [1.165, 1.54) is 61.8 Å². The zero-order valence-electron chi connectivity index (χ0n) is 16.0. The van der Waals surface area contributed by atoms with Crippen molar-refractivity contribution in [2.24, 2.45) is 17.3 Å². The van der Waals surface area contributed by atoms with Crippen LogP contribution in [-0.4, -0.2) is 20.2 Å². The van der Waals surface area contributed by atoms with Crippen LogP contribution in [0.3, 0.4) is 0 Å². The molecular weight excluding hydrogens is 328 g/mol. The van der Waals surface area contributed by atoms with E-state index in [9.17, 15) is 0 Å². The van der Waals surface area contributed by atoms with Crippen molar-refractivity contribution >= 4 is 11.8 Å². The fourth-order valence-corrected chi connectivity index (χ4v) is 6.70. The summed E-state index contributed by atoms with van der Waals surface area (Å²) < 4.78 is 11.0. The van der Waals surface area contributed by atoms with E-state index < -0.39 is 0 Å². The number of benzene rings is 1. The molecule has 0 saturated heterocycles. The lowest BCUT2D eigenvalue weighted by Gasteiger charge is -2.54.